The van der Waals surface area contributed by atoms with Gasteiger partial charge in [-0.2, -0.15) is 0 Å². The number of nitrogens with zero attached hydrogens (tertiary/aromatic N) is 1. The molecule has 10 heteroatoms. The van der Waals surface area contributed by atoms with E-state index in [4.69, 9.17) is 16.2 Å². The van der Waals surface area contributed by atoms with Gasteiger partial charge in [0.15, 0.2) is 5.96 Å². The number of carbonyl (C=O) groups is 3. The van der Waals surface area contributed by atoms with E-state index in [1.165, 1.54) is 0 Å². The molecule has 2 aromatic rings. The van der Waals surface area contributed by atoms with Crippen LogP contribution in [-0.4, -0.2) is 40.7 Å². The van der Waals surface area contributed by atoms with E-state index in [0.29, 0.717) is 22.5 Å². The van der Waals surface area contributed by atoms with Crippen molar-refractivity contribution in [3.63, 3.8) is 0 Å². The van der Waals surface area contributed by atoms with Crippen LogP contribution >= 0.6 is 0 Å². The Morgan fingerprint density at radius 2 is 1.75 bits per heavy atom. The van der Waals surface area contributed by atoms with Crippen LogP contribution in [-0.2, 0) is 16.0 Å². The summed E-state index contributed by atoms with van der Waals surface area (Å²) in [5.74, 6) is -1.66. The molecule has 2 aromatic carbocycles. The number of benzene rings is 2. The van der Waals surface area contributed by atoms with Gasteiger partial charge in [0.2, 0.25) is 0 Å². The van der Waals surface area contributed by atoms with Crippen molar-refractivity contribution in [2.45, 2.75) is 38.8 Å². The molecule has 170 valence electrons. The third-order valence-corrected chi connectivity index (χ3v) is 4.01. The lowest BCUT2D eigenvalue weighted by Crippen LogP contribution is -2.44. The molecule has 0 aromatic heterocycles. The summed E-state index contributed by atoms with van der Waals surface area (Å²) in [5, 5.41) is 14.5. The fraction of sp³-hybridized carbons (Fsp3) is 0.273. The number of rotatable bonds is 7. The lowest BCUT2D eigenvalue weighted by atomic mass is 10.1. The van der Waals surface area contributed by atoms with Crippen molar-refractivity contribution in [3.8, 4) is 0 Å². The van der Waals surface area contributed by atoms with E-state index in [1.807, 2.05) is 0 Å². The number of anilines is 1. The number of nitrogens with two attached hydrogens (primary N) is 2. The van der Waals surface area contributed by atoms with E-state index >= 15 is 0 Å². The molecule has 0 radical (unpaired) electrons. The van der Waals surface area contributed by atoms with Gasteiger partial charge in [0, 0.05) is 17.7 Å². The predicted octanol–water partition coefficient (Wildman–Crippen LogP) is 2.36. The van der Waals surface area contributed by atoms with Crippen molar-refractivity contribution in [3.05, 3.63) is 59.7 Å². The van der Waals surface area contributed by atoms with Gasteiger partial charge in [-0.05, 0) is 56.7 Å². The summed E-state index contributed by atoms with van der Waals surface area (Å²) in [6, 6.07) is 11.9. The molecule has 10 nitrogen and oxygen atoms in total. The average Bonchev–Trinajstić information content (AvgIpc) is 2.67. The Kier molecular flexibility index (Phi) is 7.78. The number of aliphatic imine (C=N–C) groups is 1. The molecule has 0 aliphatic carbocycles. The normalized spacial score (nSPS) is 11.7. The first-order valence-corrected chi connectivity index (χ1v) is 9.75. The van der Waals surface area contributed by atoms with E-state index in [0.717, 1.165) is 0 Å². The van der Waals surface area contributed by atoms with E-state index in [1.54, 1.807) is 69.3 Å². The number of aliphatic carboxylic acids is 1. The van der Waals surface area contributed by atoms with Crippen LogP contribution < -0.4 is 22.1 Å². The number of ether oxygens (including phenoxy) is 1. The van der Waals surface area contributed by atoms with E-state index in [9.17, 15) is 19.5 Å². The molecule has 0 bridgehead atoms. The first-order chi connectivity index (χ1) is 14.9. The standard InChI is InChI=1S/C22H27N5O5/c1-22(2,3)32-21(31)27-17(19(29)30)11-13-7-9-15(10-8-13)25-18(28)14-5-4-6-16(12-14)26-20(23)24/h4-10,12,17H,11H2,1-3H3,(H,25,28)(H,27,31)(H,29,30)(H4,23,24,26)/t17-/m0/s1. The smallest absolute Gasteiger partial charge is 0.408 e. The molecule has 0 fully saturated rings. The van der Waals surface area contributed by atoms with Crippen molar-refractivity contribution in [1.29, 1.82) is 0 Å². The van der Waals surface area contributed by atoms with Gasteiger partial charge in [-0.1, -0.05) is 18.2 Å². The maximum Gasteiger partial charge on any atom is 0.408 e. The number of hydrogen-bond donors (Lipinski definition) is 5. The van der Waals surface area contributed by atoms with Crippen molar-refractivity contribution in [1.82, 2.24) is 5.32 Å². The lowest BCUT2D eigenvalue weighted by Gasteiger charge is -2.22. The summed E-state index contributed by atoms with van der Waals surface area (Å²) >= 11 is 0. The molecule has 2 amide bonds. The molecular weight excluding hydrogens is 414 g/mol. The monoisotopic (exact) mass is 441 g/mol. The average molecular weight is 441 g/mol. The van der Waals surface area contributed by atoms with E-state index in [2.05, 4.69) is 15.6 Å². The minimum absolute atomic E-state index is 0.0450. The second kappa shape index (κ2) is 10.3. The lowest BCUT2D eigenvalue weighted by molar-refractivity contribution is -0.139. The number of carboxylic acid groups (broad SMARTS) is 1. The van der Waals surface area contributed by atoms with Gasteiger partial charge < -0.3 is 31.9 Å². The van der Waals surface area contributed by atoms with Crippen LogP contribution in [0.2, 0.25) is 0 Å². The Hall–Kier alpha value is -4.08. The van der Waals surface area contributed by atoms with Gasteiger partial charge >= 0.3 is 12.1 Å². The molecule has 0 saturated heterocycles. The van der Waals surface area contributed by atoms with Crippen LogP contribution in [0.3, 0.4) is 0 Å². The largest absolute Gasteiger partial charge is 0.480 e. The quantitative estimate of drug-likeness (QED) is 0.324. The van der Waals surface area contributed by atoms with Gasteiger partial charge in [0.25, 0.3) is 5.91 Å². The van der Waals surface area contributed by atoms with Crippen LogP contribution in [0.5, 0.6) is 0 Å². The van der Waals surface area contributed by atoms with E-state index in [-0.39, 0.29) is 18.3 Å². The molecule has 2 rings (SSSR count). The highest BCUT2D eigenvalue weighted by Crippen LogP contribution is 2.17. The summed E-state index contributed by atoms with van der Waals surface area (Å²) in [6.45, 7) is 5.06. The number of hydrogen-bond acceptors (Lipinski definition) is 5. The summed E-state index contributed by atoms with van der Waals surface area (Å²) in [6.07, 6.45) is -0.764. The Labute approximate surface area is 185 Å². The number of amides is 2. The maximum absolute atomic E-state index is 12.5. The molecule has 0 saturated carbocycles. The molecule has 0 aliphatic heterocycles. The zero-order valence-corrected chi connectivity index (χ0v) is 18.1. The third kappa shape index (κ3) is 7.98. The van der Waals surface area contributed by atoms with Crippen molar-refractivity contribution >= 4 is 35.3 Å². The van der Waals surface area contributed by atoms with Crippen LogP contribution in [0.15, 0.2) is 53.5 Å². The molecule has 7 N–H and O–H groups in total. The zero-order valence-electron chi connectivity index (χ0n) is 18.1. The van der Waals surface area contributed by atoms with E-state index < -0.39 is 23.7 Å². The predicted molar refractivity (Wildman–Crippen MR) is 121 cm³/mol. The van der Waals surface area contributed by atoms with Crippen molar-refractivity contribution in [2.75, 3.05) is 5.32 Å². The van der Waals surface area contributed by atoms with Gasteiger partial charge in [-0.25, -0.2) is 14.6 Å². The Balaban J connectivity index is 2.02. The second-order valence-electron chi connectivity index (χ2n) is 7.98. The topological polar surface area (TPSA) is 169 Å². The highest BCUT2D eigenvalue weighted by molar-refractivity contribution is 6.04. The van der Waals surface area contributed by atoms with Gasteiger partial charge in [-0.15, -0.1) is 0 Å². The van der Waals surface area contributed by atoms with Gasteiger partial charge in [0.1, 0.15) is 11.6 Å². The van der Waals surface area contributed by atoms with Crippen LogP contribution in [0, 0.1) is 0 Å². The molecule has 0 spiro atoms. The van der Waals surface area contributed by atoms with Crippen molar-refractivity contribution < 1.29 is 24.2 Å². The number of alkyl carbamates (subject to hydrolysis) is 1. The summed E-state index contributed by atoms with van der Waals surface area (Å²) < 4.78 is 5.11. The number of carboxylic acids is 1. The van der Waals surface area contributed by atoms with Crippen LogP contribution in [0.25, 0.3) is 0 Å². The molecule has 0 heterocycles. The maximum atomic E-state index is 12.5. The fourth-order valence-corrected chi connectivity index (χ4v) is 2.68. The Morgan fingerprint density at radius 3 is 2.31 bits per heavy atom. The fourth-order valence-electron chi connectivity index (χ4n) is 2.68. The summed E-state index contributed by atoms with van der Waals surface area (Å²) in [5.41, 5.74) is 12.0. The highest BCUT2D eigenvalue weighted by atomic mass is 16.6. The Morgan fingerprint density at radius 1 is 1.09 bits per heavy atom. The van der Waals surface area contributed by atoms with Crippen molar-refractivity contribution in [2.24, 2.45) is 16.5 Å². The number of carbonyl (C=O) groups excluding carboxylic acids is 2. The summed E-state index contributed by atoms with van der Waals surface area (Å²) in [7, 11) is 0. The first kappa shape index (κ1) is 24.2. The molecular formula is C22H27N5O5. The minimum Gasteiger partial charge on any atom is -0.480 e. The van der Waals surface area contributed by atoms with Gasteiger partial charge in [0.05, 0.1) is 5.69 Å². The molecule has 0 unspecified atom stereocenters. The first-order valence-electron chi connectivity index (χ1n) is 9.75. The highest BCUT2D eigenvalue weighted by Gasteiger charge is 2.24. The van der Waals surface area contributed by atoms with Crippen LogP contribution in [0.1, 0.15) is 36.7 Å². The molecule has 32 heavy (non-hydrogen) atoms. The van der Waals surface area contributed by atoms with Gasteiger partial charge in [-0.3, -0.25) is 4.79 Å². The minimum atomic E-state index is -1.19. The molecule has 0 aliphatic rings. The third-order valence-electron chi connectivity index (χ3n) is 4.01. The SMILES string of the molecule is CC(C)(C)OC(=O)N[C@@H](Cc1ccc(NC(=O)c2cccc(N=C(N)N)c2)cc1)C(=O)O. The molecule has 1 atom stereocenters. The zero-order chi connectivity index (χ0) is 23.9. The number of nitrogens with one attached hydrogen (secondary N) is 2. The number of guanidine groups is 1. The van der Waals surface area contributed by atoms with Crippen LogP contribution in [0.4, 0.5) is 16.2 Å². The Bertz CT molecular complexity index is 1010. The second-order valence-corrected chi connectivity index (χ2v) is 7.98. The summed E-state index contributed by atoms with van der Waals surface area (Å²) in [4.78, 5) is 39.8.